The van der Waals surface area contributed by atoms with Crippen LogP contribution >= 0.6 is 0 Å². The molecule has 0 unspecified atom stereocenters. The lowest BCUT2D eigenvalue weighted by molar-refractivity contribution is 0.571. The average Bonchev–Trinajstić information content (AvgIpc) is 2.29. The third-order valence-electron chi connectivity index (χ3n) is 2.69. The van der Waals surface area contributed by atoms with Gasteiger partial charge in [-0.1, -0.05) is 0 Å². The minimum atomic E-state index is -0.0190. The third-order valence-corrected chi connectivity index (χ3v) is 2.69. The molecule has 0 aliphatic heterocycles. The SMILES string of the molecule is CNCCCN(C)c1nccn(C(C)C)c1=O. The lowest BCUT2D eigenvalue weighted by Crippen LogP contribution is -2.32. The molecule has 0 saturated heterocycles. The van der Waals surface area contributed by atoms with Crippen LogP contribution in [0.3, 0.4) is 0 Å². The molecule has 0 saturated carbocycles. The number of nitrogens with zero attached hydrogens (tertiary/aromatic N) is 3. The van der Waals surface area contributed by atoms with E-state index in [2.05, 4.69) is 10.3 Å². The van der Waals surface area contributed by atoms with E-state index in [1.54, 1.807) is 17.0 Å². The average molecular weight is 238 g/mol. The molecule has 5 heteroatoms. The molecule has 0 aromatic carbocycles. The van der Waals surface area contributed by atoms with Gasteiger partial charge in [0.2, 0.25) is 0 Å². The van der Waals surface area contributed by atoms with Gasteiger partial charge < -0.3 is 14.8 Å². The lowest BCUT2D eigenvalue weighted by atomic mass is 10.3. The van der Waals surface area contributed by atoms with Crippen LogP contribution in [0.4, 0.5) is 5.82 Å². The van der Waals surface area contributed by atoms with E-state index in [0.29, 0.717) is 5.82 Å². The van der Waals surface area contributed by atoms with Crippen LogP contribution in [0.2, 0.25) is 0 Å². The largest absolute Gasteiger partial charge is 0.355 e. The Bertz CT molecular complexity index is 400. The summed E-state index contributed by atoms with van der Waals surface area (Å²) in [5, 5.41) is 3.09. The second kappa shape index (κ2) is 6.39. The highest BCUT2D eigenvalue weighted by Crippen LogP contribution is 2.05. The van der Waals surface area contributed by atoms with Crippen LogP contribution in [-0.2, 0) is 0 Å². The predicted octanol–water partition coefficient (Wildman–Crippen LogP) is 0.870. The maximum Gasteiger partial charge on any atom is 0.293 e. The molecule has 0 amide bonds. The first-order valence-corrected chi connectivity index (χ1v) is 6.00. The molecule has 1 aromatic rings. The van der Waals surface area contributed by atoms with Gasteiger partial charge in [0.05, 0.1) is 0 Å². The quantitative estimate of drug-likeness (QED) is 0.747. The number of hydrogen-bond donors (Lipinski definition) is 1. The van der Waals surface area contributed by atoms with Crippen molar-refractivity contribution in [2.45, 2.75) is 26.3 Å². The van der Waals surface area contributed by atoms with Gasteiger partial charge in [-0.15, -0.1) is 0 Å². The van der Waals surface area contributed by atoms with Crippen molar-refractivity contribution in [2.24, 2.45) is 0 Å². The molecular formula is C12H22N4O. The van der Waals surface area contributed by atoms with Gasteiger partial charge in [-0.3, -0.25) is 4.79 Å². The number of anilines is 1. The highest BCUT2D eigenvalue weighted by Gasteiger charge is 2.10. The van der Waals surface area contributed by atoms with Crippen molar-refractivity contribution in [3.05, 3.63) is 22.7 Å². The second-order valence-electron chi connectivity index (χ2n) is 4.44. The van der Waals surface area contributed by atoms with Crippen molar-refractivity contribution < 1.29 is 0 Å². The van der Waals surface area contributed by atoms with Gasteiger partial charge in [0.1, 0.15) is 0 Å². The van der Waals surface area contributed by atoms with E-state index < -0.39 is 0 Å². The Labute approximate surface area is 102 Å². The van der Waals surface area contributed by atoms with Gasteiger partial charge >= 0.3 is 0 Å². The van der Waals surface area contributed by atoms with Crippen LogP contribution in [0.5, 0.6) is 0 Å². The summed E-state index contributed by atoms with van der Waals surface area (Å²) >= 11 is 0. The fourth-order valence-corrected chi connectivity index (χ4v) is 1.68. The summed E-state index contributed by atoms with van der Waals surface area (Å²) in [7, 11) is 3.83. The normalized spacial score (nSPS) is 10.9. The Kier molecular flexibility index (Phi) is 5.15. The molecule has 0 bridgehead atoms. The molecule has 0 spiro atoms. The first-order valence-electron chi connectivity index (χ1n) is 6.00. The van der Waals surface area contributed by atoms with E-state index in [-0.39, 0.29) is 11.6 Å². The Morgan fingerprint density at radius 2 is 2.24 bits per heavy atom. The van der Waals surface area contributed by atoms with Crippen molar-refractivity contribution in [1.82, 2.24) is 14.9 Å². The molecule has 0 aliphatic rings. The summed E-state index contributed by atoms with van der Waals surface area (Å²) in [6.07, 6.45) is 4.41. The summed E-state index contributed by atoms with van der Waals surface area (Å²) in [4.78, 5) is 18.2. The Morgan fingerprint density at radius 3 is 2.82 bits per heavy atom. The number of aromatic nitrogens is 2. The van der Waals surface area contributed by atoms with Gasteiger partial charge in [-0.05, 0) is 33.9 Å². The molecule has 17 heavy (non-hydrogen) atoms. The van der Waals surface area contributed by atoms with Crippen LogP contribution in [0.25, 0.3) is 0 Å². The number of rotatable bonds is 6. The van der Waals surface area contributed by atoms with Crippen molar-refractivity contribution in [1.29, 1.82) is 0 Å². The summed E-state index contributed by atoms with van der Waals surface area (Å²) in [5.74, 6) is 0.525. The maximum absolute atomic E-state index is 12.1. The molecule has 0 atom stereocenters. The topological polar surface area (TPSA) is 50.2 Å². The molecule has 1 N–H and O–H groups in total. The van der Waals surface area contributed by atoms with Crippen LogP contribution in [0.1, 0.15) is 26.3 Å². The zero-order valence-electron chi connectivity index (χ0n) is 11.1. The minimum absolute atomic E-state index is 0.0190. The number of nitrogens with one attached hydrogen (secondary N) is 1. The van der Waals surface area contributed by atoms with Crippen LogP contribution in [0, 0.1) is 0 Å². The van der Waals surface area contributed by atoms with E-state index >= 15 is 0 Å². The summed E-state index contributed by atoms with van der Waals surface area (Å²) in [6, 6.07) is 0.162. The molecule has 1 aromatic heterocycles. The van der Waals surface area contributed by atoms with Gasteiger partial charge in [0.15, 0.2) is 5.82 Å². The summed E-state index contributed by atoms with van der Waals surface area (Å²) in [5.41, 5.74) is -0.0190. The smallest absolute Gasteiger partial charge is 0.293 e. The zero-order chi connectivity index (χ0) is 12.8. The highest BCUT2D eigenvalue weighted by molar-refractivity contribution is 5.34. The van der Waals surface area contributed by atoms with Gasteiger partial charge in [0.25, 0.3) is 5.56 Å². The van der Waals surface area contributed by atoms with Gasteiger partial charge in [-0.25, -0.2) is 4.98 Å². The first kappa shape index (κ1) is 13.7. The summed E-state index contributed by atoms with van der Waals surface area (Å²) in [6.45, 7) is 5.75. The third kappa shape index (κ3) is 3.56. The van der Waals surface area contributed by atoms with Gasteiger partial charge in [0, 0.05) is 32.0 Å². The Hall–Kier alpha value is -1.36. The molecule has 0 fully saturated rings. The minimum Gasteiger partial charge on any atom is -0.355 e. The zero-order valence-corrected chi connectivity index (χ0v) is 11.1. The van der Waals surface area contributed by atoms with Crippen molar-refractivity contribution in [3.8, 4) is 0 Å². The number of hydrogen-bond acceptors (Lipinski definition) is 4. The summed E-state index contributed by atoms with van der Waals surface area (Å²) < 4.78 is 1.71. The second-order valence-corrected chi connectivity index (χ2v) is 4.44. The molecule has 5 nitrogen and oxygen atoms in total. The molecular weight excluding hydrogens is 216 g/mol. The van der Waals surface area contributed by atoms with E-state index in [1.165, 1.54) is 0 Å². The van der Waals surface area contributed by atoms with E-state index in [0.717, 1.165) is 19.5 Å². The van der Waals surface area contributed by atoms with E-state index in [9.17, 15) is 4.79 Å². The first-order chi connectivity index (χ1) is 8.07. The van der Waals surface area contributed by atoms with E-state index in [1.807, 2.05) is 32.8 Å². The molecule has 0 aliphatic carbocycles. The standard InChI is InChI=1S/C12H22N4O/c1-10(2)16-9-7-14-11(12(16)17)15(4)8-5-6-13-3/h7,9-10,13H,5-6,8H2,1-4H3. The fourth-order valence-electron chi connectivity index (χ4n) is 1.68. The highest BCUT2D eigenvalue weighted by atomic mass is 16.1. The lowest BCUT2D eigenvalue weighted by Gasteiger charge is -2.19. The van der Waals surface area contributed by atoms with Crippen molar-refractivity contribution in [2.75, 3.05) is 32.1 Å². The van der Waals surface area contributed by atoms with Crippen molar-refractivity contribution in [3.63, 3.8) is 0 Å². The molecule has 1 rings (SSSR count). The van der Waals surface area contributed by atoms with Crippen LogP contribution < -0.4 is 15.8 Å². The predicted molar refractivity (Wildman–Crippen MR) is 70.7 cm³/mol. The monoisotopic (exact) mass is 238 g/mol. The van der Waals surface area contributed by atoms with E-state index in [4.69, 9.17) is 0 Å². The Balaban J connectivity index is 2.83. The van der Waals surface area contributed by atoms with Crippen LogP contribution in [0.15, 0.2) is 17.2 Å². The fraction of sp³-hybridized carbons (Fsp3) is 0.667. The Morgan fingerprint density at radius 1 is 1.53 bits per heavy atom. The van der Waals surface area contributed by atoms with Gasteiger partial charge in [-0.2, -0.15) is 0 Å². The molecule has 0 radical (unpaired) electrons. The maximum atomic E-state index is 12.1. The molecule has 96 valence electrons. The van der Waals surface area contributed by atoms with Crippen LogP contribution in [-0.4, -0.2) is 36.7 Å². The van der Waals surface area contributed by atoms with Crippen molar-refractivity contribution >= 4 is 5.82 Å². The molecule has 1 heterocycles.